The van der Waals surface area contributed by atoms with Gasteiger partial charge in [-0.3, -0.25) is 4.40 Å². The van der Waals surface area contributed by atoms with Crippen molar-refractivity contribution in [1.82, 2.24) is 9.38 Å². The molecule has 1 N–H and O–H groups in total. The first-order chi connectivity index (χ1) is 11.5. The van der Waals surface area contributed by atoms with Gasteiger partial charge < -0.3 is 9.84 Å². The Morgan fingerprint density at radius 3 is 2.83 bits per heavy atom. The maximum Gasteiger partial charge on any atom is 0.358 e. The van der Waals surface area contributed by atoms with Gasteiger partial charge in [0.05, 0.1) is 12.1 Å². The van der Waals surface area contributed by atoms with Crippen molar-refractivity contribution in [2.45, 2.75) is 6.92 Å². The van der Waals surface area contributed by atoms with Crippen molar-refractivity contribution in [2.24, 2.45) is 10.2 Å². The molecule has 0 spiro atoms. The third-order valence-corrected chi connectivity index (χ3v) is 3.75. The molecule has 0 saturated heterocycles. The van der Waals surface area contributed by atoms with E-state index in [9.17, 15) is 9.90 Å². The lowest BCUT2D eigenvalue weighted by Gasteiger charge is -2.02. The zero-order chi connectivity index (χ0) is 17.3. The molecule has 3 rings (SSSR count). The van der Waals surface area contributed by atoms with Gasteiger partial charge in [-0.15, -0.1) is 10.2 Å². The molecule has 24 heavy (non-hydrogen) atoms. The highest BCUT2D eigenvalue weighted by atomic mass is 35.5. The summed E-state index contributed by atoms with van der Waals surface area (Å²) in [6.07, 6.45) is 1.68. The second-order valence-electron chi connectivity index (χ2n) is 4.99. The summed E-state index contributed by atoms with van der Waals surface area (Å²) < 4.78 is 6.70. The third kappa shape index (κ3) is 2.81. The van der Waals surface area contributed by atoms with Crippen LogP contribution >= 0.6 is 11.6 Å². The average molecular weight is 345 g/mol. The molecule has 1 aromatic carbocycles. The fourth-order valence-corrected chi connectivity index (χ4v) is 2.38. The van der Waals surface area contributed by atoms with E-state index < -0.39 is 5.97 Å². The Labute approximate surface area is 142 Å². The lowest BCUT2D eigenvalue weighted by molar-refractivity contribution is 0.0692. The number of carboxylic acid groups (broad SMARTS) is 1. The van der Waals surface area contributed by atoms with E-state index in [4.69, 9.17) is 16.3 Å². The highest BCUT2D eigenvalue weighted by Gasteiger charge is 2.19. The van der Waals surface area contributed by atoms with E-state index in [0.29, 0.717) is 22.1 Å². The number of aryl methyl sites for hydroxylation is 1. The van der Waals surface area contributed by atoms with Gasteiger partial charge in [-0.25, -0.2) is 9.78 Å². The topological polar surface area (TPSA) is 88.5 Å². The van der Waals surface area contributed by atoms with Crippen LogP contribution in [0.15, 0.2) is 46.8 Å². The van der Waals surface area contributed by atoms with E-state index in [0.717, 1.165) is 5.56 Å². The van der Waals surface area contributed by atoms with Crippen LogP contribution < -0.4 is 4.74 Å². The van der Waals surface area contributed by atoms with Crippen molar-refractivity contribution >= 4 is 34.7 Å². The Kier molecular flexibility index (Phi) is 4.18. The van der Waals surface area contributed by atoms with E-state index in [1.54, 1.807) is 34.9 Å². The maximum absolute atomic E-state index is 11.5. The second-order valence-corrected chi connectivity index (χ2v) is 5.40. The van der Waals surface area contributed by atoms with Gasteiger partial charge in [0, 0.05) is 12.3 Å². The van der Waals surface area contributed by atoms with Gasteiger partial charge in [0.15, 0.2) is 11.5 Å². The molecular weight excluding hydrogens is 332 g/mol. The van der Waals surface area contributed by atoms with E-state index >= 15 is 0 Å². The number of azo groups is 1. The standard InChI is InChI=1S/C16H13ClN4O3/c1-9-4-3-7-21-14(9)18-13(16(22)23)15(21)20-19-12-8-10(24-2)5-6-11(12)17/h3-8H,1-2H3,(H,22,23). The number of fused-ring (bicyclic) bond motifs is 1. The van der Waals surface area contributed by atoms with E-state index in [2.05, 4.69) is 15.2 Å². The van der Waals surface area contributed by atoms with Crippen molar-refractivity contribution in [3.05, 3.63) is 52.8 Å². The zero-order valence-electron chi connectivity index (χ0n) is 12.9. The molecule has 0 saturated carbocycles. The van der Waals surface area contributed by atoms with Crippen LogP contribution in [0.1, 0.15) is 16.1 Å². The number of benzene rings is 1. The number of ether oxygens (including phenoxy) is 1. The first-order valence-corrected chi connectivity index (χ1v) is 7.35. The molecule has 0 unspecified atom stereocenters. The molecule has 2 heterocycles. The minimum atomic E-state index is -1.18. The fourth-order valence-electron chi connectivity index (χ4n) is 2.23. The van der Waals surface area contributed by atoms with Gasteiger partial charge in [-0.2, -0.15) is 0 Å². The highest BCUT2D eigenvalue weighted by Crippen LogP contribution is 2.32. The summed E-state index contributed by atoms with van der Waals surface area (Å²) in [6, 6.07) is 8.56. The number of hydrogen-bond donors (Lipinski definition) is 1. The predicted octanol–water partition coefficient (Wildman–Crippen LogP) is 4.42. The largest absolute Gasteiger partial charge is 0.497 e. The summed E-state index contributed by atoms with van der Waals surface area (Å²) >= 11 is 6.09. The lowest BCUT2D eigenvalue weighted by atomic mass is 10.3. The average Bonchev–Trinajstić information content (AvgIpc) is 2.94. The van der Waals surface area contributed by atoms with E-state index in [-0.39, 0.29) is 11.5 Å². The summed E-state index contributed by atoms with van der Waals surface area (Å²) in [4.78, 5) is 15.6. The summed E-state index contributed by atoms with van der Waals surface area (Å²) in [5.74, 6) is -0.482. The molecule has 7 nitrogen and oxygen atoms in total. The number of aromatic nitrogens is 2. The van der Waals surface area contributed by atoms with Crippen molar-refractivity contribution in [2.75, 3.05) is 7.11 Å². The Morgan fingerprint density at radius 1 is 1.33 bits per heavy atom. The van der Waals surface area contributed by atoms with Gasteiger partial charge in [-0.1, -0.05) is 17.7 Å². The first kappa shape index (κ1) is 15.9. The third-order valence-electron chi connectivity index (χ3n) is 3.43. The van der Waals surface area contributed by atoms with Gasteiger partial charge in [-0.05, 0) is 30.7 Å². The molecule has 0 aliphatic carbocycles. The second kappa shape index (κ2) is 6.29. The molecule has 0 amide bonds. The number of aromatic carboxylic acids is 1. The minimum absolute atomic E-state index is 0.125. The van der Waals surface area contributed by atoms with Crippen molar-refractivity contribution in [1.29, 1.82) is 0 Å². The highest BCUT2D eigenvalue weighted by molar-refractivity contribution is 6.33. The van der Waals surface area contributed by atoms with Gasteiger partial charge in [0.25, 0.3) is 0 Å². The fraction of sp³-hybridized carbons (Fsp3) is 0.125. The van der Waals surface area contributed by atoms with Gasteiger partial charge in [0.2, 0.25) is 0 Å². The number of carboxylic acids is 1. The molecule has 0 fully saturated rings. The van der Waals surface area contributed by atoms with Crippen LogP contribution in [-0.2, 0) is 0 Å². The Balaban J connectivity index is 2.14. The van der Waals surface area contributed by atoms with Crippen LogP contribution in [0, 0.1) is 6.92 Å². The van der Waals surface area contributed by atoms with Crippen molar-refractivity contribution < 1.29 is 14.6 Å². The Morgan fingerprint density at radius 2 is 2.12 bits per heavy atom. The number of rotatable bonds is 4. The molecule has 0 atom stereocenters. The monoisotopic (exact) mass is 344 g/mol. The molecular formula is C16H13ClN4O3. The van der Waals surface area contributed by atoms with Crippen molar-refractivity contribution in [3.63, 3.8) is 0 Å². The minimum Gasteiger partial charge on any atom is -0.497 e. The number of nitrogens with zero attached hydrogens (tertiary/aromatic N) is 4. The van der Waals surface area contributed by atoms with Crippen LogP contribution in [0.5, 0.6) is 5.75 Å². The van der Waals surface area contributed by atoms with Crippen LogP contribution in [0.25, 0.3) is 5.65 Å². The van der Waals surface area contributed by atoms with Crippen LogP contribution in [-0.4, -0.2) is 27.6 Å². The van der Waals surface area contributed by atoms with E-state index in [1.165, 1.54) is 7.11 Å². The predicted molar refractivity (Wildman–Crippen MR) is 89.1 cm³/mol. The summed E-state index contributed by atoms with van der Waals surface area (Å²) in [7, 11) is 1.53. The molecule has 0 aliphatic heterocycles. The summed E-state index contributed by atoms with van der Waals surface area (Å²) in [5, 5.41) is 17.9. The van der Waals surface area contributed by atoms with Gasteiger partial charge in [0.1, 0.15) is 17.1 Å². The molecule has 8 heteroatoms. The smallest absolute Gasteiger partial charge is 0.358 e. The zero-order valence-corrected chi connectivity index (χ0v) is 13.7. The Hall–Kier alpha value is -2.93. The maximum atomic E-state index is 11.5. The van der Waals surface area contributed by atoms with Crippen LogP contribution in [0.3, 0.4) is 0 Å². The SMILES string of the molecule is COc1ccc(Cl)c(N=Nc2c(C(=O)O)nc3c(C)cccn23)c1. The molecule has 2 aromatic heterocycles. The number of halogens is 1. The number of imidazole rings is 1. The first-order valence-electron chi connectivity index (χ1n) is 6.97. The number of hydrogen-bond acceptors (Lipinski definition) is 5. The molecule has 122 valence electrons. The number of pyridine rings is 1. The molecule has 3 aromatic rings. The Bertz CT molecular complexity index is 965. The van der Waals surface area contributed by atoms with Crippen molar-refractivity contribution in [3.8, 4) is 5.75 Å². The molecule has 0 bridgehead atoms. The lowest BCUT2D eigenvalue weighted by Crippen LogP contribution is -1.96. The van der Waals surface area contributed by atoms with E-state index in [1.807, 2.05) is 13.0 Å². The summed E-state index contributed by atoms with van der Waals surface area (Å²) in [6.45, 7) is 1.84. The quantitative estimate of drug-likeness (QED) is 0.709. The number of carbonyl (C=O) groups is 1. The number of methoxy groups -OCH3 is 1. The molecule has 0 aliphatic rings. The molecule has 0 radical (unpaired) electrons. The van der Waals surface area contributed by atoms with Crippen LogP contribution in [0.2, 0.25) is 5.02 Å². The normalized spacial score (nSPS) is 11.3. The van der Waals surface area contributed by atoms with Gasteiger partial charge >= 0.3 is 5.97 Å². The van der Waals surface area contributed by atoms with Crippen LogP contribution in [0.4, 0.5) is 11.5 Å². The summed E-state index contributed by atoms with van der Waals surface area (Å²) in [5.41, 5.74) is 1.54.